The van der Waals surface area contributed by atoms with Crippen molar-refractivity contribution < 1.29 is 4.74 Å². The van der Waals surface area contributed by atoms with Gasteiger partial charge in [0.05, 0.1) is 24.0 Å². The van der Waals surface area contributed by atoms with Crippen molar-refractivity contribution in [2.75, 3.05) is 13.2 Å². The quantitative estimate of drug-likeness (QED) is 0.579. The Bertz CT molecular complexity index is 857. The van der Waals surface area contributed by atoms with Gasteiger partial charge in [-0.1, -0.05) is 44.4 Å². The van der Waals surface area contributed by atoms with E-state index in [1.807, 2.05) is 30.3 Å². The summed E-state index contributed by atoms with van der Waals surface area (Å²) >= 11 is 0. The first-order valence-corrected chi connectivity index (χ1v) is 9.79. The summed E-state index contributed by atoms with van der Waals surface area (Å²) in [5, 5.41) is 8.89. The van der Waals surface area contributed by atoms with Crippen LogP contribution in [-0.4, -0.2) is 18.9 Å². The highest BCUT2D eigenvalue weighted by atomic mass is 16.5. The highest BCUT2D eigenvalue weighted by Gasteiger charge is 2.13. The third-order valence-electron chi connectivity index (χ3n) is 4.76. The average Bonchev–Trinajstić information content (AvgIpc) is 2.72. The summed E-state index contributed by atoms with van der Waals surface area (Å²) in [5.74, 6) is 0.961. The molecule has 0 unspecified atom stereocenters. The van der Waals surface area contributed by atoms with Crippen molar-refractivity contribution in [1.82, 2.24) is 0 Å². The molecular formula is C24H26N2O. The highest BCUT2D eigenvalue weighted by Crippen LogP contribution is 2.23. The molecule has 138 valence electrons. The Morgan fingerprint density at radius 2 is 1.93 bits per heavy atom. The predicted octanol–water partition coefficient (Wildman–Crippen LogP) is 5.58. The van der Waals surface area contributed by atoms with Crippen LogP contribution in [0.5, 0.6) is 5.75 Å². The molecule has 1 aliphatic heterocycles. The second-order valence-electron chi connectivity index (χ2n) is 6.81. The van der Waals surface area contributed by atoms with E-state index in [1.54, 1.807) is 0 Å². The fourth-order valence-corrected chi connectivity index (χ4v) is 3.20. The number of fused-ring (bicyclic) bond motifs is 1. The van der Waals surface area contributed by atoms with Gasteiger partial charge in [-0.25, -0.2) is 0 Å². The van der Waals surface area contributed by atoms with Crippen molar-refractivity contribution >= 4 is 11.8 Å². The maximum Gasteiger partial charge on any atom is 0.119 e. The predicted molar refractivity (Wildman–Crippen MR) is 111 cm³/mol. The van der Waals surface area contributed by atoms with Crippen LogP contribution in [0.1, 0.15) is 54.9 Å². The number of aliphatic imine (C=N–C) groups is 1. The smallest absolute Gasteiger partial charge is 0.119 e. The fraction of sp³-hybridized carbons (Fsp3) is 0.333. The van der Waals surface area contributed by atoms with Gasteiger partial charge in [0, 0.05) is 12.1 Å². The zero-order valence-corrected chi connectivity index (χ0v) is 15.9. The van der Waals surface area contributed by atoms with Crippen LogP contribution in [0.25, 0.3) is 6.08 Å². The number of allylic oxidation sites excluding steroid dienone is 1. The monoisotopic (exact) mass is 358 g/mol. The van der Waals surface area contributed by atoms with Gasteiger partial charge in [-0.05, 0) is 60.4 Å². The summed E-state index contributed by atoms with van der Waals surface area (Å²) < 4.78 is 5.92. The molecule has 0 aliphatic carbocycles. The number of benzene rings is 2. The highest BCUT2D eigenvalue weighted by molar-refractivity contribution is 6.12. The van der Waals surface area contributed by atoms with Crippen LogP contribution in [0.15, 0.2) is 53.5 Å². The SMILES string of the molecule is CCCCCCOc1ccc2c(c1)CCN=C2/C=C/c1ccc(C#N)cc1. The third-order valence-corrected chi connectivity index (χ3v) is 4.76. The van der Waals surface area contributed by atoms with E-state index in [1.165, 1.54) is 30.4 Å². The molecule has 1 aliphatic rings. The summed E-state index contributed by atoms with van der Waals surface area (Å²) in [4.78, 5) is 4.68. The molecule has 3 rings (SSSR count). The summed E-state index contributed by atoms with van der Waals surface area (Å²) in [6.45, 7) is 3.82. The van der Waals surface area contributed by atoms with E-state index in [4.69, 9.17) is 10.00 Å². The van der Waals surface area contributed by atoms with Crippen LogP contribution < -0.4 is 4.74 Å². The fourth-order valence-electron chi connectivity index (χ4n) is 3.20. The molecule has 2 aromatic rings. The van der Waals surface area contributed by atoms with Gasteiger partial charge < -0.3 is 4.74 Å². The van der Waals surface area contributed by atoms with Gasteiger partial charge in [-0.15, -0.1) is 0 Å². The lowest BCUT2D eigenvalue weighted by Crippen LogP contribution is -2.11. The van der Waals surface area contributed by atoms with E-state index in [0.717, 1.165) is 43.0 Å². The summed E-state index contributed by atoms with van der Waals surface area (Å²) in [7, 11) is 0. The second kappa shape index (κ2) is 9.73. The maximum atomic E-state index is 8.89. The van der Waals surface area contributed by atoms with Gasteiger partial charge in [0.2, 0.25) is 0 Å². The third kappa shape index (κ3) is 5.31. The van der Waals surface area contributed by atoms with Gasteiger partial charge >= 0.3 is 0 Å². The van der Waals surface area contributed by atoms with Crippen molar-refractivity contribution in [3.05, 3.63) is 70.8 Å². The first kappa shape index (κ1) is 18.9. The Morgan fingerprint density at radius 3 is 2.70 bits per heavy atom. The number of hydrogen-bond acceptors (Lipinski definition) is 3. The van der Waals surface area contributed by atoms with Gasteiger partial charge in [-0.3, -0.25) is 4.99 Å². The van der Waals surface area contributed by atoms with Gasteiger partial charge in [0.15, 0.2) is 0 Å². The summed E-state index contributed by atoms with van der Waals surface area (Å²) in [6, 6.07) is 16.1. The molecule has 3 heteroatoms. The maximum absolute atomic E-state index is 8.89. The molecule has 0 N–H and O–H groups in total. The Labute approximate surface area is 162 Å². The molecule has 0 spiro atoms. The lowest BCUT2D eigenvalue weighted by atomic mass is 9.96. The van der Waals surface area contributed by atoms with Gasteiger partial charge in [-0.2, -0.15) is 5.26 Å². The Kier molecular flexibility index (Phi) is 6.82. The van der Waals surface area contributed by atoms with E-state index < -0.39 is 0 Å². The lowest BCUT2D eigenvalue weighted by molar-refractivity contribution is 0.305. The van der Waals surface area contributed by atoms with Crippen LogP contribution in [-0.2, 0) is 6.42 Å². The van der Waals surface area contributed by atoms with Crippen LogP contribution in [0.4, 0.5) is 0 Å². The molecule has 1 heterocycles. The van der Waals surface area contributed by atoms with Crippen molar-refractivity contribution in [2.45, 2.75) is 39.0 Å². The van der Waals surface area contributed by atoms with Crippen LogP contribution in [0.2, 0.25) is 0 Å². The molecule has 0 radical (unpaired) electrons. The van der Waals surface area contributed by atoms with Crippen LogP contribution >= 0.6 is 0 Å². The largest absolute Gasteiger partial charge is 0.494 e. The minimum absolute atomic E-state index is 0.676. The Balaban J connectivity index is 1.65. The van der Waals surface area contributed by atoms with Crippen molar-refractivity contribution in [3.8, 4) is 11.8 Å². The average molecular weight is 358 g/mol. The van der Waals surface area contributed by atoms with Gasteiger partial charge in [0.25, 0.3) is 0 Å². The molecular weight excluding hydrogens is 332 g/mol. The summed E-state index contributed by atoms with van der Waals surface area (Å²) in [6.07, 6.45) is 9.94. The molecule has 0 atom stereocenters. The molecule has 0 saturated carbocycles. The molecule has 0 saturated heterocycles. The second-order valence-corrected chi connectivity index (χ2v) is 6.81. The normalized spacial score (nSPS) is 13.1. The van der Waals surface area contributed by atoms with Crippen LogP contribution in [0, 0.1) is 11.3 Å². The molecule has 0 aromatic heterocycles. The van der Waals surface area contributed by atoms with E-state index in [0.29, 0.717) is 5.56 Å². The molecule has 0 amide bonds. The van der Waals surface area contributed by atoms with Crippen molar-refractivity contribution in [3.63, 3.8) is 0 Å². The number of unbranched alkanes of at least 4 members (excludes halogenated alkanes) is 3. The van der Waals surface area contributed by atoms with E-state index in [-0.39, 0.29) is 0 Å². The van der Waals surface area contributed by atoms with Crippen molar-refractivity contribution in [1.29, 1.82) is 5.26 Å². The first-order valence-electron chi connectivity index (χ1n) is 9.79. The molecule has 27 heavy (non-hydrogen) atoms. The lowest BCUT2D eigenvalue weighted by Gasteiger charge is -2.16. The van der Waals surface area contributed by atoms with E-state index >= 15 is 0 Å². The van der Waals surface area contributed by atoms with E-state index in [2.05, 4.69) is 42.3 Å². The minimum Gasteiger partial charge on any atom is -0.494 e. The van der Waals surface area contributed by atoms with Gasteiger partial charge in [0.1, 0.15) is 5.75 Å². The van der Waals surface area contributed by atoms with Crippen molar-refractivity contribution in [2.24, 2.45) is 4.99 Å². The topological polar surface area (TPSA) is 45.4 Å². The minimum atomic E-state index is 0.676. The number of nitrogens with zero attached hydrogens (tertiary/aromatic N) is 2. The summed E-state index contributed by atoms with van der Waals surface area (Å²) in [5.41, 5.74) is 5.24. The Hall–Kier alpha value is -2.86. The number of ether oxygens (including phenoxy) is 1. The number of nitriles is 1. The number of hydrogen-bond donors (Lipinski definition) is 0. The molecule has 0 bridgehead atoms. The standard InChI is InChI=1S/C24H26N2O/c1-2-3-4-5-16-27-22-11-12-23-21(17-22)14-15-26-24(23)13-10-19-6-8-20(18-25)9-7-19/h6-13,17H,2-5,14-16H2,1H3/b13-10+. The zero-order chi connectivity index (χ0) is 18.9. The first-order chi connectivity index (χ1) is 13.3. The molecule has 2 aromatic carbocycles. The zero-order valence-electron chi connectivity index (χ0n) is 15.9. The van der Waals surface area contributed by atoms with Crippen LogP contribution in [0.3, 0.4) is 0 Å². The molecule has 3 nitrogen and oxygen atoms in total. The van der Waals surface area contributed by atoms with E-state index in [9.17, 15) is 0 Å². The number of rotatable bonds is 8. The Morgan fingerprint density at radius 1 is 1.07 bits per heavy atom. The molecule has 0 fully saturated rings.